The number of nitrogens with one attached hydrogen (secondary N) is 2. The summed E-state index contributed by atoms with van der Waals surface area (Å²) >= 11 is 0. The molecule has 1 aromatic rings. The van der Waals surface area contributed by atoms with Crippen LogP contribution in [-0.2, 0) is 24.3 Å². The number of rotatable bonds is 5. The highest BCUT2D eigenvalue weighted by atomic mass is 127. The third-order valence-corrected chi connectivity index (χ3v) is 3.19. The van der Waals surface area contributed by atoms with Gasteiger partial charge in [0.15, 0.2) is 11.8 Å². The molecule has 7 nitrogen and oxygen atoms in total. The number of terminal acetylenes is 1. The molecule has 2 rings (SSSR count). The standard InChI is InChI=1S/C14H22N6O.HI/c1-4-8-16-14(15-5-2)17-11-6-7-13-18-12(10-21-3)19-20(13)9-11;/h1,11H,5-10H2,2-3H3,(H2,15,16,17);1H. The van der Waals surface area contributed by atoms with E-state index in [1.807, 2.05) is 11.6 Å². The van der Waals surface area contributed by atoms with Crippen molar-refractivity contribution in [3.8, 4) is 12.3 Å². The predicted octanol–water partition coefficient (Wildman–Crippen LogP) is 0.546. The van der Waals surface area contributed by atoms with Crippen molar-refractivity contribution in [1.82, 2.24) is 25.4 Å². The maximum absolute atomic E-state index is 5.25. The van der Waals surface area contributed by atoms with Gasteiger partial charge >= 0.3 is 0 Å². The van der Waals surface area contributed by atoms with Crippen molar-refractivity contribution in [3.05, 3.63) is 11.6 Å². The number of aryl methyl sites for hydroxylation is 1. The second-order valence-electron chi connectivity index (χ2n) is 4.84. The molecule has 0 radical (unpaired) electrons. The van der Waals surface area contributed by atoms with E-state index in [1.54, 1.807) is 7.11 Å². The minimum atomic E-state index is 0. The van der Waals surface area contributed by atoms with Gasteiger partial charge in [-0.05, 0) is 13.3 Å². The molecule has 1 aliphatic rings. The summed E-state index contributed by atoms with van der Waals surface area (Å²) in [6.45, 7) is 4.42. The van der Waals surface area contributed by atoms with Gasteiger partial charge in [0.1, 0.15) is 19.0 Å². The lowest BCUT2D eigenvalue weighted by molar-refractivity contribution is 0.177. The number of ether oxygens (including phenoxy) is 1. The molecular weight excluding hydrogens is 395 g/mol. The quantitative estimate of drug-likeness (QED) is 0.316. The number of hydrogen-bond donors (Lipinski definition) is 2. The van der Waals surface area contributed by atoms with E-state index < -0.39 is 0 Å². The van der Waals surface area contributed by atoms with Crippen molar-refractivity contribution >= 4 is 29.9 Å². The van der Waals surface area contributed by atoms with Crippen molar-refractivity contribution < 1.29 is 4.74 Å². The normalized spacial score (nSPS) is 17.1. The van der Waals surface area contributed by atoms with Crippen LogP contribution in [0.3, 0.4) is 0 Å². The maximum atomic E-state index is 5.25. The lowest BCUT2D eigenvalue weighted by Crippen LogP contribution is -2.47. The highest BCUT2D eigenvalue weighted by Gasteiger charge is 2.22. The summed E-state index contributed by atoms with van der Waals surface area (Å²) in [7, 11) is 1.65. The molecule has 0 aromatic carbocycles. The predicted molar refractivity (Wildman–Crippen MR) is 96.2 cm³/mol. The number of halogens is 1. The molecule has 1 atom stereocenters. The van der Waals surface area contributed by atoms with Crippen LogP contribution in [0.1, 0.15) is 25.0 Å². The summed E-state index contributed by atoms with van der Waals surface area (Å²) in [6.07, 6.45) is 7.14. The van der Waals surface area contributed by atoms with Crippen molar-refractivity contribution in [1.29, 1.82) is 0 Å². The second-order valence-corrected chi connectivity index (χ2v) is 4.84. The fraction of sp³-hybridized carbons (Fsp3) is 0.643. The zero-order chi connectivity index (χ0) is 15.1. The van der Waals surface area contributed by atoms with Crippen LogP contribution in [-0.4, -0.2) is 47.0 Å². The van der Waals surface area contributed by atoms with Crippen molar-refractivity contribution in [3.63, 3.8) is 0 Å². The van der Waals surface area contributed by atoms with Gasteiger partial charge in [-0.1, -0.05) is 5.92 Å². The summed E-state index contributed by atoms with van der Waals surface area (Å²) in [5, 5.41) is 11.0. The lowest BCUT2D eigenvalue weighted by Gasteiger charge is -2.25. The van der Waals surface area contributed by atoms with Crippen molar-refractivity contribution in [2.24, 2.45) is 4.99 Å². The van der Waals surface area contributed by atoms with Crippen LogP contribution >= 0.6 is 24.0 Å². The van der Waals surface area contributed by atoms with Gasteiger partial charge in [-0.2, -0.15) is 5.10 Å². The third kappa shape index (κ3) is 5.14. The second kappa shape index (κ2) is 9.63. The van der Waals surface area contributed by atoms with E-state index in [4.69, 9.17) is 11.2 Å². The van der Waals surface area contributed by atoms with Crippen LogP contribution in [0.15, 0.2) is 4.99 Å². The number of fused-ring (bicyclic) bond motifs is 1. The Hall–Kier alpha value is -1.34. The molecule has 2 heterocycles. The molecular formula is C14H23IN6O. The first-order chi connectivity index (χ1) is 10.3. The SMILES string of the molecule is C#CCN=C(NCC)NC1CCc2nc(COC)nn2C1.I. The average Bonchev–Trinajstić information content (AvgIpc) is 2.87. The van der Waals surface area contributed by atoms with E-state index in [1.165, 1.54) is 0 Å². The van der Waals surface area contributed by atoms with Gasteiger partial charge in [-0.3, -0.25) is 0 Å². The Labute approximate surface area is 148 Å². The number of nitrogens with zero attached hydrogens (tertiary/aromatic N) is 4. The van der Waals surface area contributed by atoms with E-state index in [0.29, 0.717) is 13.2 Å². The Morgan fingerprint density at radius 2 is 2.41 bits per heavy atom. The first-order valence-electron chi connectivity index (χ1n) is 7.16. The summed E-state index contributed by atoms with van der Waals surface area (Å²) in [4.78, 5) is 8.78. The topological polar surface area (TPSA) is 76.4 Å². The van der Waals surface area contributed by atoms with Crippen LogP contribution in [0.2, 0.25) is 0 Å². The molecule has 0 spiro atoms. The molecule has 1 aliphatic heterocycles. The van der Waals surface area contributed by atoms with Crippen LogP contribution in [0.4, 0.5) is 0 Å². The summed E-state index contributed by atoms with van der Waals surface area (Å²) in [6, 6.07) is 0.269. The minimum Gasteiger partial charge on any atom is -0.377 e. The first kappa shape index (κ1) is 18.7. The Morgan fingerprint density at radius 1 is 1.59 bits per heavy atom. The van der Waals surface area contributed by atoms with E-state index in [-0.39, 0.29) is 30.0 Å². The number of aliphatic imine (C=N–C) groups is 1. The zero-order valence-corrected chi connectivity index (χ0v) is 15.3. The van der Waals surface area contributed by atoms with Gasteiger partial charge < -0.3 is 15.4 Å². The average molecular weight is 418 g/mol. The van der Waals surface area contributed by atoms with Gasteiger partial charge in [0.2, 0.25) is 0 Å². The van der Waals surface area contributed by atoms with Crippen LogP contribution < -0.4 is 10.6 Å². The zero-order valence-electron chi connectivity index (χ0n) is 13.0. The van der Waals surface area contributed by atoms with Crippen LogP contribution in [0, 0.1) is 12.3 Å². The molecule has 8 heteroatoms. The molecule has 0 saturated heterocycles. The van der Waals surface area contributed by atoms with Crippen molar-refractivity contribution in [2.45, 2.75) is 39.0 Å². The number of hydrogen-bond acceptors (Lipinski definition) is 4. The Bertz CT molecular complexity index is 536. The maximum Gasteiger partial charge on any atom is 0.192 e. The van der Waals surface area contributed by atoms with Crippen molar-refractivity contribution in [2.75, 3.05) is 20.2 Å². The molecule has 0 aliphatic carbocycles. The number of aromatic nitrogens is 3. The largest absolute Gasteiger partial charge is 0.377 e. The highest BCUT2D eigenvalue weighted by molar-refractivity contribution is 14.0. The van der Waals surface area contributed by atoms with Gasteiger partial charge in [0.05, 0.1) is 6.54 Å². The van der Waals surface area contributed by atoms with E-state index in [2.05, 4.69) is 31.6 Å². The third-order valence-electron chi connectivity index (χ3n) is 3.19. The van der Waals surface area contributed by atoms with E-state index in [0.717, 1.165) is 43.5 Å². The summed E-state index contributed by atoms with van der Waals surface area (Å²) < 4.78 is 7.02. The van der Waals surface area contributed by atoms with E-state index >= 15 is 0 Å². The van der Waals surface area contributed by atoms with Crippen LogP contribution in [0.25, 0.3) is 0 Å². The summed E-state index contributed by atoms with van der Waals surface area (Å²) in [5.41, 5.74) is 0. The number of methoxy groups -OCH3 is 1. The first-order valence-corrected chi connectivity index (χ1v) is 7.16. The molecule has 22 heavy (non-hydrogen) atoms. The smallest absolute Gasteiger partial charge is 0.192 e. The summed E-state index contributed by atoms with van der Waals surface area (Å²) in [5.74, 6) is 5.03. The fourth-order valence-corrected chi connectivity index (χ4v) is 2.31. The Balaban J connectivity index is 0.00000242. The fourth-order valence-electron chi connectivity index (χ4n) is 2.31. The molecule has 0 fully saturated rings. The Kier molecular flexibility index (Phi) is 8.19. The van der Waals surface area contributed by atoms with Gasteiger partial charge in [0, 0.05) is 26.1 Å². The van der Waals surface area contributed by atoms with Gasteiger partial charge in [-0.25, -0.2) is 14.7 Å². The molecule has 0 saturated carbocycles. The van der Waals surface area contributed by atoms with E-state index in [9.17, 15) is 0 Å². The number of guanidine groups is 1. The molecule has 0 bridgehead atoms. The van der Waals surface area contributed by atoms with Gasteiger partial charge in [-0.15, -0.1) is 30.4 Å². The molecule has 2 N–H and O–H groups in total. The molecule has 122 valence electrons. The molecule has 1 unspecified atom stereocenters. The highest BCUT2D eigenvalue weighted by Crippen LogP contribution is 2.13. The minimum absolute atomic E-state index is 0. The van der Waals surface area contributed by atoms with Gasteiger partial charge in [0.25, 0.3) is 0 Å². The van der Waals surface area contributed by atoms with Crippen LogP contribution in [0.5, 0.6) is 0 Å². The molecule has 1 aromatic heterocycles. The monoisotopic (exact) mass is 418 g/mol. The Morgan fingerprint density at radius 3 is 3.09 bits per heavy atom. The molecule has 0 amide bonds. The lowest BCUT2D eigenvalue weighted by atomic mass is 10.1.